The summed E-state index contributed by atoms with van der Waals surface area (Å²) >= 11 is 13.5. The molecule has 3 rings (SSSR count). The molecule has 0 radical (unpaired) electrons. The highest BCUT2D eigenvalue weighted by Crippen LogP contribution is 2.30. The second-order valence-electron chi connectivity index (χ2n) is 5.25. The van der Waals surface area contributed by atoms with Crippen molar-refractivity contribution in [1.29, 1.82) is 0 Å². The lowest BCUT2D eigenvalue weighted by atomic mass is 10.1. The summed E-state index contributed by atoms with van der Waals surface area (Å²) in [5, 5.41) is 20.9. The lowest BCUT2D eigenvalue weighted by Gasteiger charge is -2.08. The van der Waals surface area contributed by atoms with Crippen LogP contribution in [-0.2, 0) is 11.2 Å². The molecule has 0 aromatic heterocycles. The summed E-state index contributed by atoms with van der Waals surface area (Å²) in [6.45, 7) is 0. The lowest BCUT2D eigenvalue weighted by molar-refractivity contribution is -0.118. The molecule has 128 valence electrons. The number of amides is 1. The van der Waals surface area contributed by atoms with Crippen molar-refractivity contribution < 1.29 is 9.90 Å². The molecule has 0 saturated carbocycles. The highest BCUT2D eigenvalue weighted by molar-refractivity contribution is 8.15. The third kappa shape index (κ3) is 4.54. The van der Waals surface area contributed by atoms with E-state index in [2.05, 4.69) is 15.5 Å². The molecule has 1 aliphatic heterocycles. The van der Waals surface area contributed by atoms with Gasteiger partial charge in [0, 0.05) is 0 Å². The van der Waals surface area contributed by atoms with E-state index in [0.29, 0.717) is 21.6 Å². The number of phenolic OH excluding ortho intramolecular Hbond substituents is 1. The van der Waals surface area contributed by atoms with Crippen LogP contribution in [0, 0.1) is 0 Å². The Labute approximate surface area is 158 Å². The Morgan fingerprint density at radius 1 is 1.20 bits per heavy atom. The van der Waals surface area contributed by atoms with Gasteiger partial charge in [-0.25, -0.2) is 0 Å². The fourth-order valence-electron chi connectivity index (χ4n) is 2.20. The number of hydrogen-bond acceptors (Lipinski definition) is 5. The molecule has 5 nitrogen and oxygen atoms in total. The molecule has 8 heteroatoms. The predicted octanol–water partition coefficient (Wildman–Crippen LogP) is 3.86. The van der Waals surface area contributed by atoms with Gasteiger partial charge in [0.25, 0.3) is 0 Å². The summed E-state index contributed by atoms with van der Waals surface area (Å²) in [6, 6.07) is 11.9. The molecule has 1 fully saturated rings. The van der Waals surface area contributed by atoms with E-state index in [9.17, 15) is 9.90 Å². The van der Waals surface area contributed by atoms with Gasteiger partial charge in [0.05, 0.1) is 21.5 Å². The van der Waals surface area contributed by atoms with Crippen molar-refractivity contribution in [1.82, 2.24) is 5.32 Å². The van der Waals surface area contributed by atoms with Crippen molar-refractivity contribution in [2.45, 2.75) is 11.7 Å². The maximum absolute atomic E-state index is 12.1. The molecule has 25 heavy (non-hydrogen) atoms. The van der Waals surface area contributed by atoms with Crippen LogP contribution < -0.4 is 5.32 Å². The Hall–Kier alpha value is -2.02. The van der Waals surface area contributed by atoms with Crippen LogP contribution in [0.1, 0.15) is 11.1 Å². The van der Waals surface area contributed by atoms with E-state index in [0.717, 1.165) is 11.1 Å². The van der Waals surface area contributed by atoms with Gasteiger partial charge in [-0.15, -0.1) is 5.10 Å². The summed E-state index contributed by atoms with van der Waals surface area (Å²) < 4.78 is 0. The van der Waals surface area contributed by atoms with Gasteiger partial charge in [-0.1, -0.05) is 47.1 Å². The highest BCUT2D eigenvalue weighted by atomic mass is 35.5. The van der Waals surface area contributed by atoms with Gasteiger partial charge in [-0.05, 0) is 47.9 Å². The number of carbonyl (C=O) groups is 1. The molecular formula is C17H13Cl2N3O2S. The molecule has 1 atom stereocenters. The molecule has 0 bridgehead atoms. The van der Waals surface area contributed by atoms with Crippen LogP contribution in [0.5, 0.6) is 5.75 Å². The van der Waals surface area contributed by atoms with Crippen molar-refractivity contribution in [2.75, 3.05) is 0 Å². The van der Waals surface area contributed by atoms with Crippen LogP contribution in [0.4, 0.5) is 0 Å². The minimum Gasteiger partial charge on any atom is -0.508 e. The Balaban J connectivity index is 1.65. The maximum Gasteiger partial charge on any atom is 0.239 e. The topological polar surface area (TPSA) is 74.0 Å². The Kier molecular flexibility index (Phi) is 5.63. The fourth-order valence-corrected chi connectivity index (χ4v) is 3.55. The molecule has 2 N–H and O–H groups in total. The molecule has 0 spiro atoms. The van der Waals surface area contributed by atoms with E-state index in [4.69, 9.17) is 23.2 Å². The average Bonchev–Trinajstić information content (AvgIpc) is 2.93. The Bertz CT molecular complexity index is 853. The summed E-state index contributed by atoms with van der Waals surface area (Å²) in [6.07, 6.45) is 2.00. The number of nitrogens with zero attached hydrogens (tertiary/aromatic N) is 2. The lowest BCUT2D eigenvalue weighted by Crippen LogP contribution is -2.26. The normalized spacial score (nSPS) is 18.9. The smallest absolute Gasteiger partial charge is 0.239 e. The van der Waals surface area contributed by atoms with E-state index in [1.807, 2.05) is 6.07 Å². The summed E-state index contributed by atoms with van der Waals surface area (Å²) in [4.78, 5) is 12.1. The molecule has 2 aromatic carbocycles. The van der Waals surface area contributed by atoms with Gasteiger partial charge >= 0.3 is 0 Å². The standard InChI is InChI=1S/C17H13Cl2N3O2S/c18-13-3-1-2-11(15(13)19)8-14-16(24)21-17(25-14)22-20-9-10-4-6-12(23)7-5-10/h1-7,9,14,23H,8H2,(H,21,22,24)/b20-9-/t14-/m1/s1. The molecule has 0 unspecified atom stereocenters. The number of phenols is 1. The minimum atomic E-state index is -0.335. The monoisotopic (exact) mass is 393 g/mol. The zero-order chi connectivity index (χ0) is 17.8. The zero-order valence-electron chi connectivity index (χ0n) is 12.8. The van der Waals surface area contributed by atoms with Crippen molar-refractivity contribution >= 4 is 52.3 Å². The van der Waals surface area contributed by atoms with Crippen LogP contribution >= 0.6 is 35.0 Å². The average molecular weight is 394 g/mol. The number of nitrogens with one attached hydrogen (secondary N) is 1. The van der Waals surface area contributed by atoms with Crippen LogP contribution in [0.15, 0.2) is 52.7 Å². The van der Waals surface area contributed by atoms with Crippen molar-refractivity contribution in [3.8, 4) is 5.75 Å². The number of rotatable bonds is 4. The van der Waals surface area contributed by atoms with Gasteiger partial charge in [-0.3, -0.25) is 4.79 Å². The number of halogens is 2. The number of hydrogen-bond donors (Lipinski definition) is 2. The van der Waals surface area contributed by atoms with Gasteiger partial charge < -0.3 is 10.4 Å². The zero-order valence-corrected chi connectivity index (χ0v) is 15.1. The van der Waals surface area contributed by atoms with Gasteiger partial charge in [0.1, 0.15) is 5.75 Å². The molecule has 1 saturated heterocycles. The first kappa shape index (κ1) is 17.8. The van der Waals surface area contributed by atoms with Crippen LogP contribution in [0.25, 0.3) is 0 Å². The Morgan fingerprint density at radius 2 is 1.96 bits per heavy atom. The van der Waals surface area contributed by atoms with E-state index < -0.39 is 0 Å². The quantitative estimate of drug-likeness (QED) is 0.611. The number of amidine groups is 1. The van der Waals surface area contributed by atoms with E-state index >= 15 is 0 Å². The maximum atomic E-state index is 12.1. The number of carbonyl (C=O) groups excluding carboxylic acids is 1. The van der Waals surface area contributed by atoms with E-state index in [1.165, 1.54) is 11.8 Å². The van der Waals surface area contributed by atoms with E-state index in [1.54, 1.807) is 42.6 Å². The van der Waals surface area contributed by atoms with Crippen LogP contribution in [-0.4, -0.2) is 27.6 Å². The van der Waals surface area contributed by atoms with Crippen molar-refractivity contribution in [3.63, 3.8) is 0 Å². The second-order valence-corrected chi connectivity index (χ2v) is 7.23. The third-order valence-corrected chi connectivity index (χ3v) is 5.39. The SMILES string of the molecule is O=C1N/C(=N/N=C\c2ccc(O)cc2)S[C@@H]1Cc1cccc(Cl)c1Cl. The van der Waals surface area contributed by atoms with Crippen LogP contribution in [0.3, 0.4) is 0 Å². The van der Waals surface area contributed by atoms with Crippen molar-refractivity contribution in [3.05, 3.63) is 63.6 Å². The summed E-state index contributed by atoms with van der Waals surface area (Å²) in [7, 11) is 0. The van der Waals surface area contributed by atoms with Gasteiger partial charge in [0.2, 0.25) is 5.91 Å². The van der Waals surface area contributed by atoms with Gasteiger partial charge in [-0.2, -0.15) is 5.10 Å². The molecule has 2 aromatic rings. The minimum absolute atomic E-state index is 0.139. The summed E-state index contributed by atoms with van der Waals surface area (Å²) in [5.41, 5.74) is 1.61. The van der Waals surface area contributed by atoms with E-state index in [-0.39, 0.29) is 16.9 Å². The third-order valence-electron chi connectivity index (χ3n) is 3.46. The molecular weight excluding hydrogens is 381 g/mol. The van der Waals surface area contributed by atoms with Crippen molar-refractivity contribution in [2.24, 2.45) is 10.2 Å². The molecule has 1 heterocycles. The molecule has 1 aliphatic rings. The second kappa shape index (κ2) is 7.91. The van der Waals surface area contributed by atoms with Crippen LogP contribution in [0.2, 0.25) is 10.0 Å². The molecule has 0 aliphatic carbocycles. The number of aromatic hydroxyl groups is 1. The summed E-state index contributed by atoms with van der Waals surface area (Å²) in [5.74, 6) is 0.0456. The highest BCUT2D eigenvalue weighted by Gasteiger charge is 2.31. The Morgan fingerprint density at radius 3 is 2.72 bits per heavy atom. The first-order valence-electron chi connectivity index (χ1n) is 7.33. The number of thioether (sulfide) groups is 1. The fraction of sp³-hybridized carbons (Fsp3) is 0.118. The largest absolute Gasteiger partial charge is 0.508 e. The predicted molar refractivity (Wildman–Crippen MR) is 103 cm³/mol. The van der Waals surface area contributed by atoms with Gasteiger partial charge in [0.15, 0.2) is 5.17 Å². The molecule has 1 amide bonds. The first-order chi connectivity index (χ1) is 12.0. The first-order valence-corrected chi connectivity index (χ1v) is 8.97. The number of benzene rings is 2.